The first-order chi connectivity index (χ1) is 31.0. The van der Waals surface area contributed by atoms with E-state index >= 15 is 0 Å². The number of hydrogen-bond acceptors (Lipinski definition) is 8. The highest BCUT2D eigenvalue weighted by molar-refractivity contribution is 5.86. The van der Waals surface area contributed by atoms with E-state index in [1.54, 1.807) is 27.7 Å². The number of epoxide rings is 2. The van der Waals surface area contributed by atoms with E-state index < -0.39 is 17.3 Å². The summed E-state index contributed by atoms with van der Waals surface area (Å²) < 4.78 is 14.4. The summed E-state index contributed by atoms with van der Waals surface area (Å²) in [6.45, 7) is 35.5. The van der Waals surface area contributed by atoms with E-state index in [0.717, 1.165) is 64.2 Å². The zero-order valence-electron chi connectivity index (χ0n) is 46.2. The molecule has 9 unspecified atom stereocenters. The molecule has 2 aliphatic heterocycles. The highest BCUT2D eigenvalue weighted by Gasteiger charge is 2.91. The molecule has 8 heteroatoms. The molecule has 68 heavy (non-hydrogen) atoms. The van der Waals surface area contributed by atoms with Gasteiger partial charge in [0.15, 0.2) is 5.78 Å². The molecule has 10 rings (SSSR count). The smallest absolute Gasteiger partial charge is 0.163 e. The van der Waals surface area contributed by atoms with Crippen molar-refractivity contribution < 1.29 is 39.5 Å². The van der Waals surface area contributed by atoms with Crippen molar-refractivity contribution in [2.24, 2.45) is 78.8 Å². The molecule has 2 saturated heterocycles. The molecule has 0 aromatic carbocycles. The van der Waals surface area contributed by atoms with Gasteiger partial charge in [-0.25, -0.2) is 0 Å². The van der Waals surface area contributed by atoms with Gasteiger partial charge in [0.25, 0.3) is 0 Å². The quantitative estimate of drug-likeness (QED) is 0.159. The maximum absolute atomic E-state index is 12.9. The Bertz CT molecular complexity index is 2030. The molecule has 18 atom stereocenters. The second kappa shape index (κ2) is 15.3. The van der Waals surface area contributed by atoms with Crippen LogP contribution < -0.4 is 0 Å². The van der Waals surface area contributed by atoms with Crippen LogP contribution in [0, 0.1) is 78.8 Å². The van der Waals surface area contributed by atoms with Crippen LogP contribution in [0.2, 0.25) is 0 Å². The van der Waals surface area contributed by atoms with Crippen molar-refractivity contribution in [3.8, 4) is 0 Å². The predicted octanol–water partition coefficient (Wildman–Crippen LogP) is 12.1. The fourth-order valence-electron chi connectivity index (χ4n) is 21.6. The lowest BCUT2D eigenvalue weighted by Crippen LogP contribution is -2.66. The van der Waals surface area contributed by atoms with Gasteiger partial charge in [-0.05, 0) is 195 Å². The fourth-order valence-corrected chi connectivity index (χ4v) is 21.6. The van der Waals surface area contributed by atoms with E-state index in [1.165, 1.54) is 44.9 Å². The minimum atomic E-state index is -1.23. The number of ether oxygens (including phenoxy) is 2. The Hall–Kier alpha value is -0.900. The summed E-state index contributed by atoms with van der Waals surface area (Å²) in [5, 5.41) is 41.6. The molecule has 2 heterocycles. The minimum Gasteiger partial charge on any atom is -0.393 e. The van der Waals surface area contributed by atoms with Crippen molar-refractivity contribution in [1.29, 1.82) is 0 Å². The molecule has 10 aliphatic rings. The van der Waals surface area contributed by atoms with Gasteiger partial charge in [0.1, 0.15) is 33.8 Å². The van der Waals surface area contributed by atoms with Crippen LogP contribution in [0.4, 0.5) is 0 Å². The first kappa shape index (κ1) is 52.0. The van der Waals surface area contributed by atoms with Gasteiger partial charge in [-0.3, -0.25) is 9.59 Å². The van der Waals surface area contributed by atoms with Gasteiger partial charge >= 0.3 is 0 Å². The third-order valence-electron chi connectivity index (χ3n) is 26.5. The van der Waals surface area contributed by atoms with Crippen LogP contribution in [-0.4, -0.2) is 77.8 Å². The first-order valence-corrected chi connectivity index (χ1v) is 28.3. The van der Waals surface area contributed by atoms with Crippen LogP contribution >= 0.6 is 0 Å². The Morgan fingerprint density at radius 3 is 1.54 bits per heavy atom. The van der Waals surface area contributed by atoms with Crippen LogP contribution in [0.5, 0.6) is 0 Å². The van der Waals surface area contributed by atoms with Gasteiger partial charge in [-0.15, -0.1) is 0 Å². The molecule has 4 N–H and O–H groups in total. The molecule has 0 radical (unpaired) electrons. The monoisotopic (exact) mass is 949 g/mol. The summed E-state index contributed by atoms with van der Waals surface area (Å²) in [6, 6.07) is 0. The number of aliphatic hydroxyl groups is 4. The maximum Gasteiger partial charge on any atom is 0.163 e. The van der Waals surface area contributed by atoms with Crippen LogP contribution in [0.3, 0.4) is 0 Å². The van der Waals surface area contributed by atoms with Crippen LogP contribution in [0.15, 0.2) is 0 Å². The van der Waals surface area contributed by atoms with E-state index in [1.807, 2.05) is 0 Å². The molecule has 0 amide bonds. The lowest BCUT2D eigenvalue weighted by Gasteiger charge is -2.64. The third-order valence-corrected chi connectivity index (χ3v) is 26.5. The number of fused-ring (bicyclic) bond motifs is 4. The number of aliphatic hydroxyl groups excluding tert-OH is 2. The summed E-state index contributed by atoms with van der Waals surface area (Å²) in [5.74, 6) is 3.54. The van der Waals surface area contributed by atoms with Crippen molar-refractivity contribution in [1.82, 2.24) is 0 Å². The van der Waals surface area contributed by atoms with E-state index in [2.05, 4.69) is 83.1 Å². The number of carbonyl (C=O) groups is 2. The van der Waals surface area contributed by atoms with E-state index in [4.69, 9.17) is 9.47 Å². The highest BCUT2D eigenvalue weighted by Crippen LogP contribution is 2.88. The first-order valence-electron chi connectivity index (χ1n) is 28.3. The van der Waals surface area contributed by atoms with Crippen LogP contribution in [0.1, 0.15) is 239 Å². The van der Waals surface area contributed by atoms with Gasteiger partial charge in [0.05, 0.1) is 17.8 Å². The van der Waals surface area contributed by atoms with Gasteiger partial charge in [0, 0.05) is 39.9 Å². The fraction of sp³-hybridized carbons (Fsp3) is 0.967. The second-order valence-electron chi connectivity index (χ2n) is 30.1. The van der Waals surface area contributed by atoms with Crippen LogP contribution in [-0.2, 0) is 19.1 Å². The van der Waals surface area contributed by atoms with Crippen molar-refractivity contribution in [2.75, 3.05) is 0 Å². The molecule has 8 nitrogen and oxygen atoms in total. The average Bonchev–Trinajstić information content (AvgIpc) is 4.09. The average molecular weight is 949 g/mol. The molecule has 388 valence electrons. The Kier molecular flexibility index (Phi) is 11.7. The van der Waals surface area contributed by atoms with Crippen molar-refractivity contribution in [3.05, 3.63) is 0 Å². The molecule has 0 aromatic rings. The lowest BCUT2D eigenvalue weighted by atomic mass is 9.38. The van der Waals surface area contributed by atoms with Gasteiger partial charge in [0.2, 0.25) is 0 Å². The lowest BCUT2D eigenvalue weighted by molar-refractivity contribution is -0.158. The zero-order valence-corrected chi connectivity index (χ0v) is 46.2. The van der Waals surface area contributed by atoms with Gasteiger partial charge < -0.3 is 29.9 Å². The molecular weight excluding hydrogens is 849 g/mol. The van der Waals surface area contributed by atoms with Crippen molar-refractivity contribution in [2.45, 2.75) is 285 Å². The topological polar surface area (TPSA) is 140 Å². The zero-order chi connectivity index (χ0) is 50.3. The van der Waals surface area contributed by atoms with Crippen molar-refractivity contribution in [3.63, 3.8) is 0 Å². The molecule has 10 fully saturated rings. The SMILES string of the molecule is CC(CCC(=O)C(C)(C)O)C1CC[C@@]2(C)C34CC[C@H]5C(C)(C)C(=O)CC[C@]5(C)C3(CC[C@]12C)O4.CC(CCC(O)C(C)(C)O)C1CC[C@@]2(C)C34CC[C@H]5C(C)(C)[C@@H](O)CC[C@]5(C)C3(CC[C@]12C)O4. The van der Waals surface area contributed by atoms with Gasteiger partial charge in [-0.1, -0.05) is 83.1 Å². The highest BCUT2D eigenvalue weighted by atomic mass is 16.6. The molecule has 8 saturated carbocycles. The molecular formula is C60H100O8. The summed E-state index contributed by atoms with van der Waals surface area (Å²) >= 11 is 0. The normalized spacial score (nSPS) is 51.6. The largest absolute Gasteiger partial charge is 0.393 e. The van der Waals surface area contributed by atoms with E-state index in [9.17, 15) is 30.0 Å². The number of Topliss-reactive ketones (excluding diaryl/α,β-unsaturated/α-hetero) is 2. The van der Waals surface area contributed by atoms with Crippen LogP contribution in [0.25, 0.3) is 0 Å². The Balaban J connectivity index is 0.000000170. The van der Waals surface area contributed by atoms with Crippen molar-refractivity contribution >= 4 is 11.6 Å². The summed E-state index contributed by atoms with van der Waals surface area (Å²) in [5.41, 5.74) is -1.69. The number of hydrogen-bond donors (Lipinski definition) is 4. The van der Waals surface area contributed by atoms with E-state index in [0.29, 0.717) is 60.6 Å². The predicted molar refractivity (Wildman–Crippen MR) is 269 cm³/mol. The number of ketones is 2. The Labute approximate surface area is 413 Å². The second-order valence-corrected chi connectivity index (χ2v) is 30.1. The third kappa shape index (κ3) is 6.24. The number of rotatable bonds is 10. The molecule has 0 aromatic heterocycles. The summed E-state index contributed by atoms with van der Waals surface area (Å²) in [6.07, 6.45) is 19.8. The molecule has 8 aliphatic carbocycles. The number of carbonyl (C=O) groups excluding carboxylic acids is 2. The molecule has 0 bridgehead atoms. The Morgan fingerprint density at radius 2 is 1.06 bits per heavy atom. The maximum atomic E-state index is 12.9. The summed E-state index contributed by atoms with van der Waals surface area (Å²) in [4.78, 5) is 25.3. The molecule has 0 spiro atoms. The Morgan fingerprint density at radius 1 is 0.588 bits per heavy atom. The van der Waals surface area contributed by atoms with Gasteiger partial charge in [-0.2, -0.15) is 0 Å². The minimum absolute atomic E-state index is 0.00229. The standard InChI is InChI=1S/C30H52O4.C30H48O4/c2*1-19(9-10-23(32)25(4,5)33)20-11-15-28(8)26(20,6)17-18-29-27(7)14-13-22(31)24(2,3)21(27)12-16-30(28,29)34-29/h19-23,31-33H,9-18H2,1-8H3;19-21,33H,9-18H2,1-8H3/t19?,20?,21-,22-,23?,26+,27-,28+,29?,30?;19?,20?,21-,26+,27-,28+,29?,30?/m00/s1. The summed E-state index contributed by atoms with van der Waals surface area (Å²) in [7, 11) is 0. The van der Waals surface area contributed by atoms with E-state index in [-0.39, 0.29) is 77.6 Å².